The Morgan fingerprint density at radius 3 is 2.50 bits per heavy atom. The topological polar surface area (TPSA) is 103 Å². The van der Waals surface area contributed by atoms with Gasteiger partial charge < -0.3 is 9.15 Å². The zero-order valence-electron chi connectivity index (χ0n) is 14.7. The van der Waals surface area contributed by atoms with E-state index in [1.807, 2.05) is 12.1 Å². The first-order chi connectivity index (χ1) is 13.4. The summed E-state index contributed by atoms with van der Waals surface area (Å²) in [5.74, 6) is -1.32. The minimum Gasteiger partial charge on any atom is -0.456 e. The highest BCUT2D eigenvalue weighted by Crippen LogP contribution is 2.19. The molecule has 1 heterocycles. The molecule has 144 valence electrons. The van der Waals surface area contributed by atoms with Gasteiger partial charge in [0.25, 0.3) is 0 Å². The summed E-state index contributed by atoms with van der Waals surface area (Å²) in [5.41, 5.74) is 1.25. The van der Waals surface area contributed by atoms with Crippen molar-refractivity contribution in [2.24, 2.45) is 0 Å². The van der Waals surface area contributed by atoms with Crippen molar-refractivity contribution >= 4 is 38.8 Å². The van der Waals surface area contributed by atoms with Gasteiger partial charge in [-0.3, -0.25) is 9.59 Å². The lowest BCUT2D eigenvalue weighted by Gasteiger charge is -2.04. The molecule has 0 unspecified atom stereocenters. The third kappa shape index (κ3) is 5.38. The van der Waals surface area contributed by atoms with Crippen LogP contribution in [0.4, 0.5) is 0 Å². The Labute approximate surface area is 161 Å². The van der Waals surface area contributed by atoms with Crippen LogP contribution in [-0.2, 0) is 19.6 Å². The molecule has 0 bridgehead atoms. The Morgan fingerprint density at radius 2 is 1.75 bits per heavy atom. The van der Waals surface area contributed by atoms with Gasteiger partial charge in [-0.15, -0.1) is 0 Å². The van der Waals surface area contributed by atoms with E-state index in [0.717, 1.165) is 10.8 Å². The second-order valence-electron chi connectivity index (χ2n) is 5.81. The van der Waals surface area contributed by atoms with Crippen molar-refractivity contribution in [1.82, 2.24) is 4.72 Å². The highest BCUT2D eigenvalue weighted by molar-refractivity contribution is 7.92. The Kier molecular flexibility index (Phi) is 6.03. The number of benzene rings is 2. The second kappa shape index (κ2) is 8.64. The highest BCUT2D eigenvalue weighted by atomic mass is 32.2. The van der Waals surface area contributed by atoms with Crippen LogP contribution in [0.15, 0.2) is 70.5 Å². The van der Waals surface area contributed by atoms with Crippen LogP contribution in [0.5, 0.6) is 0 Å². The number of ketones is 1. The number of esters is 1. The molecule has 28 heavy (non-hydrogen) atoms. The van der Waals surface area contributed by atoms with Crippen molar-refractivity contribution in [3.05, 3.63) is 77.4 Å². The van der Waals surface area contributed by atoms with Crippen LogP contribution in [0.2, 0.25) is 0 Å². The smallest absolute Gasteiger partial charge is 0.321 e. The molecular weight excluding hydrogens is 382 g/mol. The lowest BCUT2D eigenvalue weighted by Crippen LogP contribution is -2.30. The summed E-state index contributed by atoms with van der Waals surface area (Å²) in [5, 5.41) is 1.71. The first-order valence-corrected chi connectivity index (χ1v) is 9.88. The number of nitrogens with one attached hydrogen (secondary N) is 1. The number of carbonyl (C=O) groups is 2. The number of para-hydroxylation sites is 1. The first-order valence-electron chi connectivity index (χ1n) is 8.33. The number of ether oxygens (including phenoxy) is 1. The van der Waals surface area contributed by atoms with Gasteiger partial charge in [-0.1, -0.05) is 48.5 Å². The van der Waals surface area contributed by atoms with Crippen molar-refractivity contribution in [3.8, 4) is 0 Å². The monoisotopic (exact) mass is 399 g/mol. The van der Waals surface area contributed by atoms with E-state index in [1.54, 1.807) is 48.5 Å². The molecule has 0 aliphatic carbocycles. The van der Waals surface area contributed by atoms with Gasteiger partial charge in [0, 0.05) is 10.8 Å². The Hall–Kier alpha value is -3.23. The maximum Gasteiger partial charge on any atom is 0.321 e. The molecule has 0 atom stereocenters. The Morgan fingerprint density at radius 1 is 1.04 bits per heavy atom. The van der Waals surface area contributed by atoms with E-state index in [9.17, 15) is 18.0 Å². The van der Waals surface area contributed by atoms with Crippen LogP contribution in [-0.4, -0.2) is 33.3 Å². The van der Waals surface area contributed by atoms with Gasteiger partial charge in [-0.2, -0.15) is 0 Å². The number of fused-ring (bicyclic) bond motifs is 1. The average Bonchev–Trinajstić information content (AvgIpc) is 3.14. The van der Waals surface area contributed by atoms with E-state index in [-0.39, 0.29) is 5.76 Å². The molecule has 0 amide bonds. The molecule has 0 aliphatic heterocycles. The third-order valence-corrected chi connectivity index (χ3v) is 4.76. The van der Waals surface area contributed by atoms with Crippen LogP contribution in [0.1, 0.15) is 16.1 Å². The van der Waals surface area contributed by atoms with Gasteiger partial charge in [0.2, 0.25) is 15.8 Å². The van der Waals surface area contributed by atoms with Gasteiger partial charge in [-0.05, 0) is 23.8 Å². The molecule has 1 aromatic heterocycles. The summed E-state index contributed by atoms with van der Waals surface area (Å²) < 4.78 is 36.1. The zero-order valence-corrected chi connectivity index (χ0v) is 15.5. The minimum atomic E-state index is -3.82. The van der Waals surface area contributed by atoms with E-state index in [4.69, 9.17) is 9.15 Å². The van der Waals surface area contributed by atoms with Crippen molar-refractivity contribution < 1.29 is 27.2 Å². The summed E-state index contributed by atoms with van der Waals surface area (Å²) in [6.45, 7) is -1.13. The van der Waals surface area contributed by atoms with E-state index in [2.05, 4.69) is 4.72 Å². The van der Waals surface area contributed by atoms with Gasteiger partial charge in [0.1, 0.15) is 12.1 Å². The number of rotatable bonds is 8. The van der Waals surface area contributed by atoms with Crippen molar-refractivity contribution in [1.29, 1.82) is 0 Å². The third-order valence-electron chi connectivity index (χ3n) is 3.72. The molecule has 0 saturated carbocycles. The van der Waals surface area contributed by atoms with Crippen molar-refractivity contribution in [2.45, 2.75) is 0 Å². The quantitative estimate of drug-likeness (QED) is 0.462. The second-order valence-corrected chi connectivity index (χ2v) is 7.46. The molecule has 0 fully saturated rings. The fraction of sp³-hybridized carbons (Fsp3) is 0.100. The molecule has 2 aromatic carbocycles. The molecular formula is C20H17NO6S. The number of hydrogen-bond acceptors (Lipinski definition) is 6. The molecule has 0 spiro atoms. The van der Waals surface area contributed by atoms with Crippen LogP contribution < -0.4 is 4.72 Å². The largest absolute Gasteiger partial charge is 0.456 e. The lowest BCUT2D eigenvalue weighted by atomic mass is 10.2. The maximum atomic E-state index is 12.1. The predicted octanol–water partition coefficient (Wildman–Crippen LogP) is 2.75. The van der Waals surface area contributed by atoms with Crippen LogP contribution in [0.3, 0.4) is 0 Å². The van der Waals surface area contributed by atoms with Crippen molar-refractivity contribution in [2.75, 3.05) is 13.2 Å². The molecule has 0 saturated heterocycles. The number of carbonyl (C=O) groups excluding carboxylic acids is 2. The number of furan rings is 1. The van der Waals surface area contributed by atoms with Crippen LogP contribution >= 0.6 is 0 Å². The summed E-state index contributed by atoms with van der Waals surface area (Å²) in [7, 11) is -3.82. The van der Waals surface area contributed by atoms with Gasteiger partial charge in [0.15, 0.2) is 12.4 Å². The minimum absolute atomic E-state index is 0.0698. The predicted molar refractivity (Wildman–Crippen MR) is 104 cm³/mol. The normalized spacial score (nSPS) is 11.7. The Balaban J connectivity index is 1.48. The summed E-state index contributed by atoms with van der Waals surface area (Å²) >= 11 is 0. The van der Waals surface area contributed by atoms with Gasteiger partial charge >= 0.3 is 5.97 Å². The summed E-state index contributed by atoms with van der Waals surface area (Å²) in [6, 6.07) is 17.5. The van der Waals surface area contributed by atoms with E-state index in [1.165, 1.54) is 6.08 Å². The highest BCUT2D eigenvalue weighted by Gasteiger charge is 2.16. The molecule has 8 heteroatoms. The fourth-order valence-corrected chi connectivity index (χ4v) is 3.08. The fourth-order valence-electron chi connectivity index (χ4n) is 2.33. The van der Waals surface area contributed by atoms with Crippen molar-refractivity contribution in [3.63, 3.8) is 0 Å². The number of Topliss-reactive ketones (excluding diaryl/α,β-unsaturated/α-hetero) is 1. The summed E-state index contributed by atoms with van der Waals surface area (Å²) in [6.07, 6.45) is 1.40. The standard InChI is InChI=1S/C20H17NO6S/c22-17(19-12-16-8-4-5-9-18(16)27-19)14-26-20(23)13-21-28(24,25)11-10-15-6-2-1-3-7-15/h1-12,21H,13-14H2. The van der Waals surface area contributed by atoms with Gasteiger partial charge in [0.05, 0.1) is 0 Å². The van der Waals surface area contributed by atoms with Crippen LogP contribution in [0.25, 0.3) is 17.0 Å². The van der Waals surface area contributed by atoms with E-state index < -0.39 is 34.9 Å². The first kappa shape index (κ1) is 19.5. The molecule has 3 rings (SSSR count). The van der Waals surface area contributed by atoms with Gasteiger partial charge in [-0.25, -0.2) is 13.1 Å². The SMILES string of the molecule is O=C(CNS(=O)(=O)C=Cc1ccccc1)OCC(=O)c1cc2ccccc2o1. The van der Waals surface area contributed by atoms with Crippen LogP contribution in [0, 0.1) is 0 Å². The Bertz CT molecular complexity index is 1080. The average molecular weight is 399 g/mol. The molecule has 7 nitrogen and oxygen atoms in total. The lowest BCUT2D eigenvalue weighted by molar-refractivity contribution is -0.141. The molecule has 3 aromatic rings. The zero-order chi connectivity index (χ0) is 20.0. The molecule has 1 N–H and O–H groups in total. The number of sulfonamides is 1. The maximum absolute atomic E-state index is 12.1. The molecule has 0 radical (unpaired) electrons. The molecule has 0 aliphatic rings. The summed E-state index contributed by atoms with van der Waals surface area (Å²) in [4.78, 5) is 23.8. The van der Waals surface area contributed by atoms with E-state index >= 15 is 0 Å². The van der Waals surface area contributed by atoms with E-state index in [0.29, 0.717) is 11.1 Å². The number of hydrogen-bond donors (Lipinski definition) is 1.